The minimum Gasteiger partial charge on any atom is -0.406 e. The van der Waals surface area contributed by atoms with Gasteiger partial charge in [-0.25, -0.2) is 4.98 Å². The number of nitrogens with zero attached hydrogens (tertiary/aromatic N) is 3. The van der Waals surface area contributed by atoms with Gasteiger partial charge in [-0.1, -0.05) is 26.0 Å². The number of benzene rings is 2. The minimum absolute atomic E-state index is 0.174. The number of piperazine rings is 1. The molecule has 0 spiro atoms. The predicted octanol–water partition coefficient (Wildman–Crippen LogP) is 2.95. The van der Waals surface area contributed by atoms with Crippen molar-refractivity contribution in [3.05, 3.63) is 70.1 Å². The van der Waals surface area contributed by atoms with E-state index < -0.39 is 41.6 Å². The van der Waals surface area contributed by atoms with Crippen LogP contribution in [0.4, 0.5) is 13.2 Å². The van der Waals surface area contributed by atoms with E-state index >= 15 is 0 Å². The number of alkyl halides is 3. The maximum absolute atomic E-state index is 13.4. The molecule has 0 radical (unpaired) electrons. The van der Waals surface area contributed by atoms with E-state index in [2.05, 4.69) is 20.0 Å². The summed E-state index contributed by atoms with van der Waals surface area (Å²) in [5.41, 5.74) is 0.0587. The minimum atomic E-state index is -4.84. The highest BCUT2D eigenvalue weighted by molar-refractivity contribution is 5.97. The Hall–Kier alpha value is -4.42. The van der Waals surface area contributed by atoms with Crippen LogP contribution in [0.1, 0.15) is 41.6 Å². The molecule has 0 unspecified atom stereocenters. The van der Waals surface area contributed by atoms with Gasteiger partial charge in [-0.2, -0.15) is 0 Å². The quantitative estimate of drug-likeness (QED) is 0.479. The van der Waals surface area contributed by atoms with E-state index in [-0.39, 0.29) is 42.7 Å². The predicted molar refractivity (Wildman–Crippen MR) is 139 cm³/mol. The van der Waals surface area contributed by atoms with Crippen LogP contribution in [-0.2, 0) is 4.79 Å². The lowest BCUT2D eigenvalue weighted by molar-refractivity contribution is -0.274. The van der Waals surface area contributed by atoms with Crippen molar-refractivity contribution < 1.29 is 32.3 Å². The Morgan fingerprint density at radius 2 is 1.75 bits per heavy atom. The van der Waals surface area contributed by atoms with Crippen molar-refractivity contribution >= 4 is 28.8 Å². The van der Waals surface area contributed by atoms with Gasteiger partial charge in [0, 0.05) is 31.2 Å². The average molecular weight is 560 g/mol. The molecule has 2 N–H and O–H groups in total. The van der Waals surface area contributed by atoms with Crippen molar-refractivity contribution in [1.82, 2.24) is 25.1 Å². The van der Waals surface area contributed by atoms with E-state index in [0.29, 0.717) is 11.0 Å². The van der Waals surface area contributed by atoms with E-state index in [9.17, 15) is 32.3 Å². The molecule has 1 fully saturated rings. The third-order valence-corrected chi connectivity index (χ3v) is 6.57. The standard InChI is InChI=1S/C27H28F3N5O5/c1-15(2)21(33-24(37)22-23(36)32-20-7-5-4-6-19(20)31-22)26(39)34-12-13-35(16(3)14-34)25(38)17-8-10-18(11-9-17)40-27(28,29)30/h4-11,15-16,21H,12-14H2,1-3H3,(H,32,36)(H,33,37)/t16-,21+/m1/s1. The number of ether oxygens (including phenoxy) is 1. The van der Waals surface area contributed by atoms with Gasteiger partial charge in [0.1, 0.15) is 11.8 Å². The molecule has 0 saturated carbocycles. The van der Waals surface area contributed by atoms with Gasteiger partial charge < -0.3 is 24.8 Å². The van der Waals surface area contributed by atoms with Crippen molar-refractivity contribution in [3.8, 4) is 5.75 Å². The summed E-state index contributed by atoms with van der Waals surface area (Å²) in [7, 11) is 0. The summed E-state index contributed by atoms with van der Waals surface area (Å²) in [5.74, 6) is -2.29. The highest BCUT2D eigenvalue weighted by atomic mass is 19.4. The van der Waals surface area contributed by atoms with Crippen LogP contribution >= 0.6 is 0 Å². The SMILES string of the molecule is CC(C)[C@H](NC(=O)c1nc2ccccc2[nH]c1=O)C(=O)N1CCN(C(=O)c2ccc(OC(F)(F)F)cc2)[C@H](C)C1. The molecule has 2 heterocycles. The first kappa shape index (κ1) is 28.6. The Balaban J connectivity index is 1.42. The number of aromatic amines is 1. The van der Waals surface area contributed by atoms with Gasteiger partial charge >= 0.3 is 6.36 Å². The Bertz CT molecular complexity index is 1470. The molecule has 212 valence electrons. The number of halogens is 3. The first-order valence-electron chi connectivity index (χ1n) is 12.6. The van der Waals surface area contributed by atoms with Crippen LogP contribution < -0.4 is 15.6 Å². The summed E-state index contributed by atoms with van der Waals surface area (Å²) >= 11 is 0. The van der Waals surface area contributed by atoms with Gasteiger partial charge in [-0.3, -0.25) is 19.2 Å². The molecule has 10 nitrogen and oxygen atoms in total. The van der Waals surface area contributed by atoms with Crippen LogP contribution in [0.5, 0.6) is 5.75 Å². The maximum atomic E-state index is 13.4. The van der Waals surface area contributed by atoms with Crippen molar-refractivity contribution in [1.29, 1.82) is 0 Å². The molecule has 1 saturated heterocycles. The average Bonchev–Trinajstić information content (AvgIpc) is 2.89. The molecule has 1 aliphatic rings. The zero-order valence-corrected chi connectivity index (χ0v) is 22.0. The molecular weight excluding hydrogens is 531 g/mol. The Morgan fingerprint density at radius 3 is 2.38 bits per heavy atom. The Kier molecular flexibility index (Phi) is 8.12. The Morgan fingerprint density at radius 1 is 1.07 bits per heavy atom. The molecule has 2 atom stereocenters. The summed E-state index contributed by atoms with van der Waals surface area (Å²) in [6, 6.07) is 10.0. The normalized spacial score (nSPS) is 16.6. The van der Waals surface area contributed by atoms with Crippen LogP contribution in [0.2, 0.25) is 0 Å². The summed E-state index contributed by atoms with van der Waals surface area (Å²) in [4.78, 5) is 61.8. The number of aromatic nitrogens is 2. The number of rotatable bonds is 6. The van der Waals surface area contributed by atoms with Gasteiger partial charge in [0.25, 0.3) is 17.4 Å². The van der Waals surface area contributed by atoms with Gasteiger partial charge in [-0.05, 0) is 49.2 Å². The van der Waals surface area contributed by atoms with Crippen LogP contribution in [0.25, 0.3) is 11.0 Å². The van der Waals surface area contributed by atoms with Crippen molar-refractivity contribution in [2.24, 2.45) is 5.92 Å². The fourth-order valence-electron chi connectivity index (χ4n) is 4.53. The fraction of sp³-hybridized carbons (Fsp3) is 0.370. The van der Waals surface area contributed by atoms with E-state index in [1.165, 1.54) is 21.9 Å². The highest BCUT2D eigenvalue weighted by Gasteiger charge is 2.36. The lowest BCUT2D eigenvalue weighted by Crippen LogP contribution is -2.60. The number of hydrogen-bond donors (Lipinski definition) is 2. The molecule has 1 aromatic heterocycles. The zero-order chi connectivity index (χ0) is 29.2. The monoisotopic (exact) mass is 559 g/mol. The van der Waals surface area contributed by atoms with E-state index in [4.69, 9.17) is 0 Å². The van der Waals surface area contributed by atoms with Crippen molar-refractivity contribution in [2.75, 3.05) is 19.6 Å². The first-order valence-corrected chi connectivity index (χ1v) is 12.6. The van der Waals surface area contributed by atoms with Crippen molar-refractivity contribution in [3.63, 3.8) is 0 Å². The summed E-state index contributed by atoms with van der Waals surface area (Å²) in [5, 5.41) is 2.65. The van der Waals surface area contributed by atoms with E-state index in [1.807, 2.05) is 0 Å². The zero-order valence-electron chi connectivity index (χ0n) is 22.0. The van der Waals surface area contributed by atoms with Crippen LogP contribution in [0.15, 0.2) is 53.3 Å². The fourth-order valence-corrected chi connectivity index (χ4v) is 4.53. The summed E-state index contributed by atoms with van der Waals surface area (Å²) in [6.45, 7) is 5.80. The summed E-state index contributed by atoms with van der Waals surface area (Å²) in [6.07, 6.45) is -4.84. The largest absolute Gasteiger partial charge is 0.573 e. The van der Waals surface area contributed by atoms with Gasteiger partial charge in [-0.15, -0.1) is 13.2 Å². The number of amides is 3. The van der Waals surface area contributed by atoms with Gasteiger partial charge in [0.2, 0.25) is 5.91 Å². The molecule has 0 bridgehead atoms. The molecule has 4 rings (SSSR count). The molecular formula is C27H28F3N5O5. The first-order chi connectivity index (χ1) is 18.8. The number of fused-ring (bicyclic) bond motifs is 1. The van der Waals surface area contributed by atoms with E-state index in [0.717, 1.165) is 12.1 Å². The van der Waals surface area contributed by atoms with Crippen LogP contribution in [0.3, 0.4) is 0 Å². The van der Waals surface area contributed by atoms with Gasteiger partial charge in [0.05, 0.1) is 11.0 Å². The van der Waals surface area contributed by atoms with Crippen LogP contribution in [-0.4, -0.2) is 75.6 Å². The number of para-hydroxylation sites is 2. The lowest BCUT2D eigenvalue weighted by atomic mass is 10.0. The molecule has 3 aromatic rings. The third kappa shape index (κ3) is 6.41. The second-order valence-electron chi connectivity index (χ2n) is 9.83. The van der Waals surface area contributed by atoms with Crippen molar-refractivity contribution in [2.45, 2.75) is 39.2 Å². The molecule has 2 aromatic carbocycles. The lowest BCUT2D eigenvalue weighted by Gasteiger charge is -2.41. The number of nitrogens with one attached hydrogen (secondary N) is 2. The molecule has 0 aliphatic carbocycles. The second-order valence-corrected chi connectivity index (χ2v) is 9.83. The molecule has 1 aliphatic heterocycles. The van der Waals surface area contributed by atoms with Gasteiger partial charge in [0.15, 0.2) is 5.69 Å². The summed E-state index contributed by atoms with van der Waals surface area (Å²) < 4.78 is 41.1. The third-order valence-electron chi connectivity index (χ3n) is 6.57. The number of H-pyrrole nitrogens is 1. The maximum Gasteiger partial charge on any atom is 0.573 e. The number of carbonyl (C=O) groups is 3. The highest BCUT2D eigenvalue weighted by Crippen LogP contribution is 2.24. The second kappa shape index (κ2) is 11.4. The smallest absolute Gasteiger partial charge is 0.406 e. The number of hydrogen-bond acceptors (Lipinski definition) is 6. The van der Waals surface area contributed by atoms with E-state index in [1.54, 1.807) is 45.0 Å². The number of carbonyl (C=O) groups excluding carboxylic acids is 3. The Labute approximate surface area is 227 Å². The molecule has 3 amide bonds. The molecule has 40 heavy (non-hydrogen) atoms. The topological polar surface area (TPSA) is 125 Å². The van der Waals surface area contributed by atoms with Crippen LogP contribution in [0, 0.1) is 5.92 Å². The molecule has 13 heteroatoms.